The largest absolute Gasteiger partial charge is 0.472 e. The van der Waals surface area contributed by atoms with Crippen LogP contribution in [0, 0.1) is 11.3 Å². The number of nitriles is 1. The fourth-order valence-corrected chi connectivity index (χ4v) is 1.98. The minimum atomic E-state index is 0.243. The van der Waals surface area contributed by atoms with Crippen molar-refractivity contribution in [1.82, 2.24) is 4.98 Å². The second-order valence-electron chi connectivity index (χ2n) is 3.47. The molecule has 5 heteroatoms. The number of nitrogens with zero attached hydrogens (tertiary/aromatic N) is 2. The molecule has 0 amide bonds. The molecule has 0 atom stereocenters. The van der Waals surface area contributed by atoms with Crippen molar-refractivity contribution in [2.45, 2.75) is 6.61 Å². The molecule has 0 saturated heterocycles. The number of benzene rings is 1. The minimum absolute atomic E-state index is 0.243. The molecular formula is C13H8BrClN2O. The van der Waals surface area contributed by atoms with E-state index < -0.39 is 0 Å². The summed E-state index contributed by atoms with van der Waals surface area (Å²) in [7, 11) is 0. The van der Waals surface area contributed by atoms with E-state index in [1.807, 2.05) is 30.3 Å². The molecule has 0 radical (unpaired) electrons. The van der Waals surface area contributed by atoms with Gasteiger partial charge in [-0.05, 0) is 12.1 Å². The first-order chi connectivity index (χ1) is 8.72. The number of pyridine rings is 1. The van der Waals surface area contributed by atoms with Crippen molar-refractivity contribution in [2.24, 2.45) is 0 Å². The maximum Gasteiger partial charge on any atom is 0.234 e. The van der Waals surface area contributed by atoms with Crippen molar-refractivity contribution >= 4 is 27.5 Å². The van der Waals surface area contributed by atoms with Crippen LogP contribution < -0.4 is 4.74 Å². The van der Waals surface area contributed by atoms with Crippen LogP contribution in [0.3, 0.4) is 0 Å². The van der Waals surface area contributed by atoms with E-state index in [4.69, 9.17) is 21.6 Å². The molecule has 0 N–H and O–H groups in total. The Morgan fingerprint density at radius 3 is 2.83 bits per heavy atom. The van der Waals surface area contributed by atoms with E-state index in [2.05, 4.69) is 20.9 Å². The molecule has 1 heterocycles. The molecule has 3 nitrogen and oxygen atoms in total. The van der Waals surface area contributed by atoms with Crippen LogP contribution in [-0.2, 0) is 6.61 Å². The summed E-state index contributed by atoms with van der Waals surface area (Å²) in [5.74, 6) is 0.270. The van der Waals surface area contributed by atoms with Gasteiger partial charge in [0.2, 0.25) is 5.88 Å². The zero-order valence-electron chi connectivity index (χ0n) is 9.23. The quantitative estimate of drug-likeness (QED) is 0.859. The second-order valence-corrected chi connectivity index (χ2v) is 4.70. The highest BCUT2D eigenvalue weighted by Gasteiger charge is 2.09. The van der Waals surface area contributed by atoms with Gasteiger partial charge in [-0.2, -0.15) is 5.26 Å². The Hall–Kier alpha value is -1.57. The number of rotatable bonds is 3. The summed E-state index contributed by atoms with van der Waals surface area (Å²) < 4.78 is 6.48. The van der Waals surface area contributed by atoms with Crippen LogP contribution >= 0.6 is 27.5 Å². The van der Waals surface area contributed by atoms with Gasteiger partial charge in [0.25, 0.3) is 0 Å². The lowest BCUT2D eigenvalue weighted by molar-refractivity contribution is 0.293. The molecule has 0 aliphatic carbocycles. The molecule has 0 aliphatic rings. The van der Waals surface area contributed by atoms with Gasteiger partial charge >= 0.3 is 0 Å². The molecule has 1 aromatic heterocycles. The first-order valence-corrected chi connectivity index (χ1v) is 6.30. The Morgan fingerprint density at radius 2 is 2.11 bits per heavy atom. The monoisotopic (exact) mass is 322 g/mol. The van der Waals surface area contributed by atoms with E-state index in [0.717, 1.165) is 10.0 Å². The van der Waals surface area contributed by atoms with Gasteiger partial charge in [-0.3, -0.25) is 0 Å². The number of hydrogen-bond donors (Lipinski definition) is 0. The number of halogens is 2. The van der Waals surface area contributed by atoms with Gasteiger partial charge in [0.1, 0.15) is 17.7 Å². The number of ether oxygens (including phenoxy) is 1. The van der Waals surface area contributed by atoms with Crippen LogP contribution in [0.5, 0.6) is 5.88 Å². The van der Waals surface area contributed by atoms with Crippen molar-refractivity contribution in [3.8, 4) is 11.9 Å². The highest BCUT2D eigenvalue weighted by molar-refractivity contribution is 9.10. The lowest BCUT2D eigenvalue weighted by atomic mass is 10.2. The second kappa shape index (κ2) is 5.85. The van der Waals surface area contributed by atoms with E-state index in [-0.39, 0.29) is 10.9 Å². The molecule has 0 unspecified atom stereocenters. The molecular weight excluding hydrogens is 316 g/mol. The third-order valence-electron chi connectivity index (χ3n) is 2.30. The van der Waals surface area contributed by atoms with Gasteiger partial charge in [-0.1, -0.05) is 45.7 Å². The van der Waals surface area contributed by atoms with Crippen LogP contribution in [0.4, 0.5) is 0 Å². The normalized spacial score (nSPS) is 9.83. The van der Waals surface area contributed by atoms with Crippen LogP contribution in [0.1, 0.15) is 11.1 Å². The average Bonchev–Trinajstić information content (AvgIpc) is 2.39. The molecule has 1 aromatic carbocycles. The Balaban J connectivity index is 2.17. The van der Waals surface area contributed by atoms with E-state index in [9.17, 15) is 0 Å². The minimum Gasteiger partial charge on any atom is -0.472 e. The Morgan fingerprint density at radius 1 is 1.33 bits per heavy atom. The van der Waals surface area contributed by atoms with Crippen LogP contribution in [0.25, 0.3) is 0 Å². The van der Waals surface area contributed by atoms with Gasteiger partial charge in [-0.15, -0.1) is 0 Å². The maximum atomic E-state index is 8.85. The van der Waals surface area contributed by atoms with E-state index >= 15 is 0 Å². The summed E-state index contributed by atoms with van der Waals surface area (Å²) in [4.78, 5) is 4.01. The third-order valence-corrected chi connectivity index (χ3v) is 3.44. The van der Waals surface area contributed by atoms with E-state index in [1.54, 1.807) is 6.07 Å². The number of aromatic nitrogens is 1. The summed E-state index contributed by atoms with van der Waals surface area (Å²) >= 11 is 9.42. The first kappa shape index (κ1) is 12.9. The zero-order chi connectivity index (χ0) is 13.0. The fraction of sp³-hybridized carbons (Fsp3) is 0.0769. The standard InChI is InChI=1S/C13H8BrClN2O/c14-11-4-2-1-3-10(11)8-18-13-12(15)9(7-16)5-6-17-13/h1-6H,8H2. The number of hydrogen-bond acceptors (Lipinski definition) is 3. The lowest BCUT2D eigenvalue weighted by Gasteiger charge is -2.08. The average molecular weight is 324 g/mol. The van der Waals surface area contributed by atoms with Crippen LogP contribution in [-0.4, -0.2) is 4.98 Å². The van der Waals surface area contributed by atoms with E-state index in [0.29, 0.717) is 12.2 Å². The summed E-state index contributed by atoms with van der Waals surface area (Å²) in [5, 5.41) is 9.09. The first-order valence-electron chi connectivity index (χ1n) is 5.13. The summed E-state index contributed by atoms with van der Waals surface area (Å²) in [6.45, 7) is 0.336. The Labute approximate surface area is 118 Å². The molecule has 0 fully saturated rings. The molecule has 0 saturated carbocycles. The fourth-order valence-electron chi connectivity index (χ4n) is 1.37. The topological polar surface area (TPSA) is 45.9 Å². The van der Waals surface area contributed by atoms with Crippen molar-refractivity contribution in [1.29, 1.82) is 5.26 Å². The third kappa shape index (κ3) is 2.81. The van der Waals surface area contributed by atoms with Crippen LogP contribution in [0.2, 0.25) is 5.02 Å². The summed E-state index contributed by atoms with van der Waals surface area (Å²) in [6.07, 6.45) is 1.50. The predicted octanol–water partition coefficient (Wildman–Crippen LogP) is 3.95. The highest BCUT2D eigenvalue weighted by atomic mass is 79.9. The molecule has 18 heavy (non-hydrogen) atoms. The van der Waals surface area contributed by atoms with Crippen molar-refractivity contribution < 1.29 is 4.74 Å². The maximum absolute atomic E-state index is 8.85. The molecule has 90 valence electrons. The van der Waals surface area contributed by atoms with Gasteiger partial charge in [-0.25, -0.2) is 4.98 Å². The van der Waals surface area contributed by atoms with Crippen molar-refractivity contribution in [3.63, 3.8) is 0 Å². The lowest BCUT2D eigenvalue weighted by Crippen LogP contribution is -1.99. The smallest absolute Gasteiger partial charge is 0.234 e. The van der Waals surface area contributed by atoms with Crippen LogP contribution in [0.15, 0.2) is 41.0 Å². The molecule has 2 aromatic rings. The molecule has 2 rings (SSSR count). The summed E-state index contributed by atoms with van der Waals surface area (Å²) in [6, 6.07) is 11.2. The highest BCUT2D eigenvalue weighted by Crippen LogP contribution is 2.26. The van der Waals surface area contributed by atoms with Crippen molar-refractivity contribution in [3.05, 3.63) is 57.2 Å². The Bertz CT molecular complexity index is 610. The molecule has 0 spiro atoms. The summed E-state index contributed by atoms with van der Waals surface area (Å²) in [5.41, 5.74) is 1.34. The Kier molecular flexibility index (Phi) is 4.19. The van der Waals surface area contributed by atoms with E-state index in [1.165, 1.54) is 6.20 Å². The van der Waals surface area contributed by atoms with Gasteiger partial charge in [0.15, 0.2) is 0 Å². The predicted molar refractivity (Wildman–Crippen MR) is 72.4 cm³/mol. The van der Waals surface area contributed by atoms with Crippen molar-refractivity contribution in [2.75, 3.05) is 0 Å². The SMILES string of the molecule is N#Cc1ccnc(OCc2ccccc2Br)c1Cl. The zero-order valence-corrected chi connectivity index (χ0v) is 11.6. The van der Waals surface area contributed by atoms with Gasteiger partial charge < -0.3 is 4.74 Å². The molecule has 0 bridgehead atoms. The van der Waals surface area contributed by atoms with Gasteiger partial charge in [0, 0.05) is 16.2 Å². The molecule has 0 aliphatic heterocycles. The van der Waals surface area contributed by atoms with Gasteiger partial charge in [0.05, 0.1) is 5.56 Å².